The van der Waals surface area contributed by atoms with Crippen LogP contribution in [0.25, 0.3) is 0 Å². The Morgan fingerprint density at radius 1 is 0.667 bits per heavy atom. The van der Waals surface area contributed by atoms with Crippen LogP contribution in [0.2, 0.25) is 0 Å². The highest BCUT2D eigenvalue weighted by Crippen LogP contribution is 2.47. The highest BCUT2D eigenvalue weighted by Gasteiger charge is 2.28. The Balaban J connectivity index is 4.53. The first-order valence-electron chi connectivity index (χ1n) is 7.58. The van der Waals surface area contributed by atoms with Crippen molar-refractivity contribution in [1.29, 1.82) is 0 Å². The molecule has 0 bridgehead atoms. The van der Waals surface area contributed by atoms with Crippen LogP contribution in [0.3, 0.4) is 0 Å². The summed E-state index contributed by atoms with van der Waals surface area (Å²) in [5.41, 5.74) is 0. The van der Waals surface area contributed by atoms with Gasteiger partial charge in [0.1, 0.15) is 12.6 Å². The maximum absolute atomic E-state index is 12.2. The van der Waals surface area contributed by atoms with Gasteiger partial charge in [-0.15, -0.1) is 0 Å². The van der Waals surface area contributed by atoms with E-state index in [-0.39, 0.29) is 26.4 Å². The fourth-order valence-electron chi connectivity index (χ4n) is 1.54. The molecule has 0 aliphatic carbocycles. The molecule has 0 saturated carbocycles. The standard InChI is InChI=1S/C12H26N2O8P2/c1-5-19-23(17,20-6-2)9-13-11(15)12(16)14-10-24(18,21-7-3)22-8-4/h5-10H2,1-4H3,(H,13,15)(H,14,16). The molecular formula is C12H26N2O8P2. The van der Waals surface area contributed by atoms with Crippen LogP contribution < -0.4 is 10.6 Å². The fraction of sp³-hybridized carbons (Fsp3) is 0.833. The van der Waals surface area contributed by atoms with Crippen LogP contribution >= 0.6 is 15.2 Å². The average molecular weight is 388 g/mol. The van der Waals surface area contributed by atoms with Crippen molar-refractivity contribution >= 4 is 27.0 Å². The van der Waals surface area contributed by atoms with Gasteiger partial charge in [0.2, 0.25) is 0 Å². The molecule has 2 amide bonds. The van der Waals surface area contributed by atoms with Gasteiger partial charge in [-0.25, -0.2) is 0 Å². The summed E-state index contributed by atoms with van der Waals surface area (Å²) in [4.78, 5) is 23.4. The Hall–Kier alpha value is -0.760. The van der Waals surface area contributed by atoms with E-state index >= 15 is 0 Å². The lowest BCUT2D eigenvalue weighted by Crippen LogP contribution is -2.41. The van der Waals surface area contributed by atoms with Crippen molar-refractivity contribution < 1.29 is 36.8 Å². The van der Waals surface area contributed by atoms with Crippen LogP contribution in [0.15, 0.2) is 0 Å². The second-order valence-corrected chi connectivity index (χ2v) is 8.33. The number of nitrogens with one attached hydrogen (secondary N) is 2. The van der Waals surface area contributed by atoms with E-state index in [4.69, 9.17) is 18.1 Å². The van der Waals surface area contributed by atoms with Crippen LogP contribution in [-0.2, 0) is 36.8 Å². The van der Waals surface area contributed by atoms with E-state index in [9.17, 15) is 18.7 Å². The van der Waals surface area contributed by atoms with Gasteiger partial charge in [0, 0.05) is 0 Å². The van der Waals surface area contributed by atoms with E-state index < -0.39 is 39.6 Å². The monoisotopic (exact) mass is 388 g/mol. The molecule has 0 aromatic rings. The molecule has 10 nitrogen and oxygen atoms in total. The normalized spacial score (nSPS) is 12.0. The van der Waals surface area contributed by atoms with Crippen molar-refractivity contribution in [3.8, 4) is 0 Å². The maximum atomic E-state index is 12.2. The van der Waals surface area contributed by atoms with Gasteiger partial charge < -0.3 is 28.7 Å². The largest absolute Gasteiger partial charge is 0.349 e. The van der Waals surface area contributed by atoms with Crippen molar-refractivity contribution in [1.82, 2.24) is 10.6 Å². The first-order chi connectivity index (χ1) is 11.3. The maximum Gasteiger partial charge on any atom is 0.349 e. The van der Waals surface area contributed by atoms with E-state index in [0.29, 0.717) is 0 Å². The van der Waals surface area contributed by atoms with Crippen molar-refractivity contribution in [3.63, 3.8) is 0 Å². The third-order valence-electron chi connectivity index (χ3n) is 2.38. The number of hydrogen-bond donors (Lipinski definition) is 2. The van der Waals surface area contributed by atoms with Crippen molar-refractivity contribution in [2.45, 2.75) is 27.7 Å². The highest BCUT2D eigenvalue weighted by atomic mass is 31.2. The van der Waals surface area contributed by atoms with Crippen LogP contribution in [0.5, 0.6) is 0 Å². The van der Waals surface area contributed by atoms with Gasteiger partial charge in [0.15, 0.2) is 0 Å². The highest BCUT2D eigenvalue weighted by molar-refractivity contribution is 7.54. The third-order valence-corrected chi connectivity index (χ3v) is 6.07. The quantitative estimate of drug-likeness (QED) is 0.381. The van der Waals surface area contributed by atoms with Gasteiger partial charge in [-0.3, -0.25) is 18.7 Å². The first-order valence-corrected chi connectivity index (χ1v) is 11.0. The van der Waals surface area contributed by atoms with Gasteiger partial charge in [0.05, 0.1) is 26.4 Å². The lowest BCUT2D eigenvalue weighted by Gasteiger charge is -2.18. The molecule has 142 valence electrons. The van der Waals surface area contributed by atoms with Gasteiger partial charge in [-0.05, 0) is 27.7 Å². The summed E-state index contributed by atoms with van der Waals surface area (Å²) in [6, 6.07) is 0. The molecule has 0 aliphatic heterocycles. The zero-order valence-corrected chi connectivity index (χ0v) is 16.2. The molecule has 2 N–H and O–H groups in total. The third kappa shape index (κ3) is 8.92. The lowest BCUT2D eigenvalue weighted by molar-refractivity contribution is -0.138. The van der Waals surface area contributed by atoms with Gasteiger partial charge >= 0.3 is 27.0 Å². The minimum atomic E-state index is -3.50. The molecule has 0 radical (unpaired) electrons. The van der Waals surface area contributed by atoms with E-state index in [0.717, 1.165) is 0 Å². The predicted octanol–water partition coefficient (Wildman–Crippen LogP) is 1.67. The van der Waals surface area contributed by atoms with Crippen LogP contribution in [0, 0.1) is 0 Å². The van der Waals surface area contributed by atoms with Gasteiger partial charge in [-0.2, -0.15) is 0 Å². The minimum Gasteiger partial charge on any atom is -0.336 e. The van der Waals surface area contributed by atoms with Crippen molar-refractivity contribution in [2.24, 2.45) is 0 Å². The number of hydrogen-bond acceptors (Lipinski definition) is 8. The zero-order valence-electron chi connectivity index (χ0n) is 14.4. The fourth-order valence-corrected chi connectivity index (χ4v) is 4.30. The molecule has 0 atom stereocenters. The second-order valence-electron chi connectivity index (χ2n) is 4.22. The average Bonchev–Trinajstić information content (AvgIpc) is 2.51. The smallest absolute Gasteiger partial charge is 0.336 e. The molecule has 0 saturated heterocycles. The SMILES string of the molecule is CCOP(=O)(CNC(=O)C(=O)NCP(=O)(OCC)OCC)OCC. The first kappa shape index (κ1) is 23.2. The molecule has 0 rings (SSSR count). The summed E-state index contributed by atoms with van der Waals surface area (Å²) in [7, 11) is -7.00. The molecule has 24 heavy (non-hydrogen) atoms. The summed E-state index contributed by atoms with van der Waals surface area (Å²) in [5, 5.41) is 4.31. The molecule has 0 unspecified atom stereocenters. The molecule has 0 heterocycles. The van der Waals surface area contributed by atoms with E-state index in [1.807, 2.05) is 0 Å². The van der Waals surface area contributed by atoms with E-state index in [2.05, 4.69) is 10.6 Å². The Kier molecular flexibility index (Phi) is 11.4. The zero-order chi connectivity index (χ0) is 18.6. The Morgan fingerprint density at radius 3 is 1.12 bits per heavy atom. The number of amides is 2. The van der Waals surface area contributed by atoms with Gasteiger partial charge in [0.25, 0.3) is 0 Å². The summed E-state index contributed by atoms with van der Waals surface area (Å²) in [6.07, 6.45) is -0.898. The van der Waals surface area contributed by atoms with E-state index in [1.165, 1.54) is 0 Å². The molecule has 0 aromatic heterocycles. The molecule has 12 heteroatoms. The Morgan fingerprint density at radius 2 is 0.917 bits per heavy atom. The minimum absolute atomic E-state index is 0.130. The molecule has 0 aliphatic rings. The topological polar surface area (TPSA) is 129 Å². The van der Waals surface area contributed by atoms with E-state index in [1.54, 1.807) is 27.7 Å². The summed E-state index contributed by atoms with van der Waals surface area (Å²) < 4.78 is 44.2. The molecule has 0 aromatic carbocycles. The number of carbonyl (C=O) groups excluding carboxylic acids is 2. The molecule has 0 spiro atoms. The van der Waals surface area contributed by atoms with Crippen LogP contribution in [0.4, 0.5) is 0 Å². The molecule has 0 fully saturated rings. The summed E-state index contributed by atoms with van der Waals surface area (Å²) in [6.45, 7) is 7.02. The summed E-state index contributed by atoms with van der Waals surface area (Å²) >= 11 is 0. The van der Waals surface area contributed by atoms with Gasteiger partial charge in [-0.1, -0.05) is 0 Å². The number of carbonyl (C=O) groups is 2. The van der Waals surface area contributed by atoms with Crippen molar-refractivity contribution in [3.05, 3.63) is 0 Å². The summed E-state index contributed by atoms with van der Waals surface area (Å²) in [5.74, 6) is -2.12. The Bertz CT molecular complexity index is 435. The van der Waals surface area contributed by atoms with Crippen LogP contribution in [-0.4, -0.2) is 50.8 Å². The van der Waals surface area contributed by atoms with Crippen LogP contribution in [0.1, 0.15) is 27.7 Å². The second kappa shape index (κ2) is 11.7. The van der Waals surface area contributed by atoms with Crippen molar-refractivity contribution in [2.75, 3.05) is 39.0 Å². The predicted molar refractivity (Wildman–Crippen MR) is 87.7 cm³/mol. The molecular weight excluding hydrogens is 362 g/mol. The Labute approximate surface area is 142 Å². The lowest BCUT2D eigenvalue weighted by atomic mass is 10.6. The number of rotatable bonds is 12.